The molecule has 0 atom stereocenters. The summed E-state index contributed by atoms with van der Waals surface area (Å²) in [4.78, 5) is 35.6. The highest BCUT2D eigenvalue weighted by atomic mass is 28.4. The summed E-state index contributed by atoms with van der Waals surface area (Å²) in [5.41, 5.74) is 0. The number of carbonyl (C=O) groups is 3. The van der Waals surface area contributed by atoms with E-state index in [-0.39, 0.29) is 0 Å². The second-order valence-electron chi connectivity index (χ2n) is 7.43. The fourth-order valence-corrected chi connectivity index (χ4v) is 7.57. The molecular weight excluding hydrogens is 388 g/mol. The van der Waals surface area contributed by atoms with Gasteiger partial charge in [0.05, 0.1) is 6.61 Å². The summed E-state index contributed by atoms with van der Waals surface area (Å²) >= 11 is 0. The first-order valence-corrected chi connectivity index (χ1v) is 13.7. The third-order valence-electron chi connectivity index (χ3n) is 4.72. The number of ether oxygens (including phenoxy) is 2. The molecule has 0 saturated carbocycles. The smallest absolute Gasteiger partial charge is 0.331 e. The van der Waals surface area contributed by atoms with E-state index in [2.05, 4.69) is 20.8 Å². The van der Waals surface area contributed by atoms with Crippen LogP contribution in [0.5, 0.6) is 0 Å². The first-order chi connectivity index (χ1) is 13.9. The highest BCUT2D eigenvalue weighted by Gasteiger charge is 2.36. The third kappa shape index (κ3) is 14.1. The van der Waals surface area contributed by atoms with Crippen molar-refractivity contribution in [3.05, 3.63) is 12.2 Å². The molecule has 0 spiro atoms. The van der Waals surface area contributed by atoms with Gasteiger partial charge in [0.2, 0.25) is 0 Å². The molecule has 0 saturated heterocycles. The summed E-state index contributed by atoms with van der Waals surface area (Å²) in [6.07, 6.45) is 10.1. The van der Waals surface area contributed by atoms with Gasteiger partial charge in [-0.25, -0.2) is 14.4 Å². The molecular formula is C22H40O6Si. The molecule has 0 unspecified atom stereocenters. The summed E-state index contributed by atoms with van der Waals surface area (Å²) in [5.74, 6) is -1.83. The maximum Gasteiger partial charge on any atom is 0.331 e. The van der Waals surface area contributed by atoms with E-state index in [4.69, 9.17) is 13.9 Å². The van der Waals surface area contributed by atoms with Gasteiger partial charge in [0, 0.05) is 12.2 Å². The normalized spacial score (nSPS) is 11.4. The van der Waals surface area contributed by atoms with E-state index in [1.165, 1.54) is 0 Å². The molecule has 168 valence electrons. The topological polar surface area (TPSA) is 78.9 Å². The Bertz CT molecular complexity index is 482. The highest BCUT2D eigenvalue weighted by molar-refractivity contribution is 6.75. The van der Waals surface area contributed by atoms with Gasteiger partial charge in [-0.1, -0.05) is 72.6 Å². The Balaban J connectivity index is 4.66. The summed E-state index contributed by atoms with van der Waals surface area (Å²) < 4.78 is 15.9. The van der Waals surface area contributed by atoms with E-state index >= 15 is 0 Å². The minimum absolute atomic E-state index is 0.320. The average molecular weight is 429 g/mol. The van der Waals surface area contributed by atoms with Crippen LogP contribution in [0.4, 0.5) is 0 Å². The van der Waals surface area contributed by atoms with Crippen LogP contribution in [0.1, 0.15) is 79.1 Å². The van der Waals surface area contributed by atoms with Crippen LogP contribution >= 0.6 is 0 Å². The van der Waals surface area contributed by atoms with Crippen LogP contribution in [0.2, 0.25) is 18.1 Å². The minimum atomic E-state index is -2.18. The van der Waals surface area contributed by atoms with Crippen molar-refractivity contribution in [1.29, 1.82) is 0 Å². The van der Waals surface area contributed by atoms with E-state index in [1.807, 2.05) is 6.92 Å². The van der Waals surface area contributed by atoms with Gasteiger partial charge in [0.1, 0.15) is 0 Å². The third-order valence-corrected chi connectivity index (χ3v) is 9.17. The average Bonchev–Trinajstić information content (AvgIpc) is 2.71. The lowest BCUT2D eigenvalue weighted by Gasteiger charge is -2.31. The van der Waals surface area contributed by atoms with Crippen molar-refractivity contribution in [1.82, 2.24) is 0 Å². The molecule has 0 fully saturated rings. The Hall–Kier alpha value is -1.63. The maximum absolute atomic E-state index is 12.4. The second-order valence-corrected chi connectivity index (χ2v) is 11.5. The van der Waals surface area contributed by atoms with Gasteiger partial charge < -0.3 is 13.9 Å². The summed E-state index contributed by atoms with van der Waals surface area (Å²) in [7, 11) is -2.18. The molecule has 0 aliphatic carbocycles. The molecule has 0 amide bonds. The molecule has 0 heterocycles. The lowest BCUT2D eigenvalue weighted by molar-refractivity contribution is -0.150. The number of rotatable bonds is 17. The molecule has 0 aromatic rings. The summed E-state index contributed by atoms with van der Waals surface area (Å²) in [6, 6.07) is 2.89. The van der Waals surface area contributed by atoms with Crippen molar-refractivity contribution in [3.8, 4) is 0 Å². The van der Waals surface area contributed by atoms with Gasteiger partial charge in [0.15, 0.2) is 6.61 Å². The van der Waals surface area contributed by atoms with Gasteiger partial charge in [-0.15, -0.1) is 0 Å². The van der Waals surface area contributed by atoms with E-state index < -0.39 is 32.8 Å². The van der Waals surface area contributed by atoms with Crippen LogP contribution in [0.15, 0.2) is 12.2 Å². The number of hydrogen-bond acceptors (Lipinski definition) is 6. The van der Waals surface area contributed by atoms with Gasteiger partial charge >= 0.3 is 17.9 Å². The lowest BCUT2D eigenvalue weighted by atomic mass is 10.4. The van der Waals surface area contributed by atoms with Crippen molar-refractivity contribution in [3.63, 3.8) is 0 Å². The fourth-order valence-electron chi connectivity index (χ4n) is 2.98. The molecule has 29 heavy (non-hydrogen) atoms. The molecule has 7 heteroatoms. The van der Waals surface area contributed by atoms with E-state index in [0.29, 0.717) is 6.61 Å². The highest BCUT2D eigenvalue weighted by Crippen LogP contribution is 2.29. The number of carbonyl (C=O) groups excluding carboxylic acids is 3. The van der Waals surface area contributed by atoms with Crippen molar-refractivity contribution >= 4 is 26.2 Å². The van der Waals surface area contributed by atoms with Crippen LogP contribution in [-0.2, 0) is 28.3 Å². The molecule has 0 aliphatic heterocycles. The number of unbranched alkanes of at least 4 members (excludes halogenated alkanes) is 4. The lowest BCUT2D eigenvalue weighted by Crippen LogP contribution is -2.41. The number of hydrogen-bond donors (Lipinski definition) is 0. The first-order valence-electron chi connectivity index (χ1n) is 11.2. The zero-order chi connectivity index (χ0) is 22.0. The van der Waals surface area contributed by atoms with Crippen LogP contribution in [0, 0.1) is 0 Å². The van der Waals surface area contributed by atoms with Crippen molar-refractivity contribution in [2.75, 3.05) is 13.2 Å². The van der Waals surface area contributed by atoms with E-state index in [0.717, 1.165) is 81.7 Å². The monoisotopic (exact) mass is 428 g/mol. The Morgan fingerprint density at radius 1 is 0.690 bits per heavy atom. The zero-order valence-electron chi connectivity index (χ0n) is 18.8. The Kier molecular flexibility index (Phi) is 16.3. The minimum Gasteiger partial charge on any atom is -0.517 e. The van der Waals surface area contributed by atoms with Crippen LogP contribution in [-0.4, -0.2) is 39.4 Å². The molecule has 0 aromatic carbocycles. The Morgan fingerprint density at radius 3 is 1.59 bits per heavy atom. The quantitative estimate of drug-likeness (QED) is 0.135. The zero-order valence-corrected chi connectivity index (χ0v) is 19.8. The molecule has 0 aliphatic rings. The summed E-state index contributed by atoms with van der Waals surface area (Å²) in [6.45, 7) is 8.31. The largest absolute Gasteiger partial charge is 0.517 e. The van der Waals surface area contributed by atoms with Crippen LogP contribution in [0.3, 0.4) is 0 Å². The predicted molar refractivity (Wildman–Crippen MR) is 117 cm³/mol. The molecule has 0 N–H and O–H groups in total. The SMILES string of the molecule is CCCCOC(=O)/C=C\C(=O)OCC(=O)O[Si](CCCC)(CCCC)CCCC. The Morgan fingerprint density at radius 2 is 1.14 bits per heavy atom. The van der Waals surface area contributed by atoms with Crippen LogP contribution < -0.4 is 0 Å². The molecule has 0 rings (SSSR count). The predicted octanol–water partition coefficient (Wildman–Crippen LogP) is 5.32. The van der Waals surface area contributed by atoms with Crippen LogP contribution in [0.25, 0.3) is 0 Å². The van der Waals surface area contributed by atoms with Gasteiger partial charge in [-0.05, 0) is 24.6 Å². The van der Waals surface area contributed by atoms with E-state index in [1.54, 1.807) is 0 Å². The fraction of sp³-hybridized carbons (Fsp3) is 0.773. The number of esters is 2. The van der Waals surface area contributed by atoms with E-state index in [9.17, 15) is 14.4 Å². The summed E-state index contributed by atoms with van der Waals surface area (Å²) in [5, 5.41) is 0. The molecule has 0 aromatic heterocycles. The standard InChI is InChI=1S/C22H40O6Si/c1-5-9-15-26-20(23)13-14-21(24)27-19-22(25)28-29(16-10-6-2,17-11-7-3)18-12-8-4/h13-14H,5-12,15-19H2,1-4H3/b14-13-. The van der Waals surface area contributed by atoms with Crippen molar-refractivity contribution in [2.45, 2.75) is 97.2 Å². The van der Waals surface area contributed by atoms with Gasteiger partial charge in [0.25, 0.3) is 8.32 Å². The van der Waals surface area contributed by atoms with Crippen molar-refractivity contribution < 1.29 is 28.3 Å². The first kappa shape index (κ1) is 27.4. The van der Waals surface area contributed by atoms with Gasteiger partial charge in [-0.3, -0.25) is 0 Å². The molecule has 0 bridgehead atoms. The molecule has 6 nitrogen and oxygen atoms in total. The Labute approximate surface area is 177 Å². The molecule has 0 radical (unpaired) electrons. The second kappa shape index (κ2) is 17.2. The maximum atomic E-state index is 12.4. The van der Waals surface area contributed by atoms with Crippen molar-refractivity contribution in [2.24, 2.45) is 0 Å². The van der Waals surface area contributed by atoms with Gasteiger partial charge in [-0.2, -0.15) is 0 Å².